The molecule has 1 aromatic heterocycles. The van der Waals surface area contributed by atoms with Gasteiger partial charge in [0.25, 0.3) is 0 Å². The molecular formula is C26H28Cl2N4O4. The van der Waals surface area contributed by atoms with Crippen LogP contribution in [0, 0.1) is 0 Å². The minimum absolute atomic E-state index is 0.108. The minimum Gasteiger partial charge on any atom is -0.489 e. The molecule has 3 heterocycles. The predicted octanol–water partition coefficient (Wildman–Crippen LogP) is 4.21. The van der Waals surface area contributed by atoms with Gasteiger partial charge in [0, 0.05) is 51.1 Å². The number of amides is 1. The number of piperazine rings is 1. The van der Waals surface area contributed by atoms with Crippen LogP contribution >= 0.6 is 23.2 Å². The van der Waals surface area contributed by atoms with Crippen molar-refractivity contribution in [1.29, 1.82) is 0 Å². The van der Waals surface area contributed by atoms with Crippen LogP contribution in [0.2, 0.25) is 10.0 Å². The number of hydrogen-bond donors (Lipinski definition) is 0. The third-order valence-corrected chi connectivity index (χ3v) is 7.35. The van der Waals surface area contributed by atoms with Gasteiger partial charge in [-0.25, -0.2) is 4.98 Å². The van der Waals surface area contributed by atoms with Crippen LogP contribution in [0.5, 0.6) is 5.75 Å². The first kappa shape index (κ1) is 24.9. The van der Waals surface area contributed by atoms with E-state index in [0.717, 1.165) is 24.5 Å². The second-order valence-corrected chi connectivity index (χ2v) is 9.70. The second-order valence-electron chi connectivity index (χ2n) is 8.91. The Kier molecular flexibility index (Phi) is 7.39. The first-order chi connectivity index (χ1) is 17.4. The number of halogens is 2. The van der Waals surface area contributed by atoms with E-state index in [4.69, 9.17) is 37.4 Å². The van der Waals surface area contributed by atoms with Crippen molar-refractivity contribution in [2.24, 2.45) is 0 Å². The standard InChI is InChI=1S/C26H28Cl2N4O4/c1-19(33)31-11-13-32(14-12-31)23-7-2-3-8-24(23)34-15-20-16-35-26(36-20,17-30-10-9-29-18-30)21-5-4-6-22(27)25(21)28/h2-10,18,20H,11-17H2,1H3/t20?,26-/m1/s1. The second kappa shape index (κ2) is 10.7. The van der Waals surface area contributed by atoms with E-state index in [1.54, 1.807) is 25.5 Å². The Labute approximate surface area is 220 Å². The van der Waals surface area contributed by atoms with Crippen LogP contribution in [-0.4, -0.2) is 65.9 Å². The minimum atomic E-state index is -1.13. The molecule has 36 heavy (non-hydrogen) atoms. The first-order valence-corrected chi connectivity index (χ1v) is 12.6. The average Bonchev–Trinajstić information content (AvgIpc) is 3.55. The number of ether oxygens (including phenoxy) is 3. The number of carbonyl (C=O) groups excluding carboxylic acids is 1. The average molecular weight is 531 g/mol. The maximum Gasteiger partial charge on any atom is 0.219 e. The van der Waals surface area contributed by atoms with Crippen LogP contribution in [0.15, 0.2) is 61.2 Å². The van der Waals surface area contributed by atoms with Crippen molar-refractivity contribution in [3.63, 3.8) is 0 Å². The van der Waals surface area contributed by atoms with Crippen LogP contribution in [-0.2, 0) is 26.6 Å². The van der Waals surface area contributed by atoms with Gasteiger partial charge < -0.3 is 28.6 Å². The van der Waals surface area contributed by atoms with Gasteiger partial charge in [-0.3, -0.25) is 4.79 Å². The van der Waals surface area contributed by atoms with Crippen molar-refractivity contribution in [3.8, 4) is 5.75 Å². The third-order valence-electron chi connectivity index (χ3n) is 6.53. The molecule has 0 bridgehead atoms. The Balaban J connectivity index is 1.30. The Bertz CT molecular complexity index is 1200. The van der Waals surface area contributed by atoms with E-state index >= 15 is 0 Å². The number of aromatic nitrogens is 2. The maximum absolute atomic E-state index is 11.7. The number of para-hydroxylation sites is 2. The van der Waals surface area contributed by atoms with Crippen molar-refractivity contribution < 1.29 is 19.0 Å². The fraction of sp³-hybridized carbons (Fsp3) is 0.385. The van der Waals surface area contributed by atoms with Gasteiger partial charge >= 0.3 is 0 Å². The molecule has 5 rings (SSSR count). The van der Waals surface area contributed by atoms with E-state index in [0.29, 0.717) is 48.5 Å². The molecule has 0 saturated carbocycles. The highest BCUT2D eigenvalue weighted by atomic mass is 35.5. The molecule has 2 aliphatic heterocycles. The fourth-order valence-electron chi connectivity index (χ4n) is 4.66. The Morgan fingerprint density at radius 2 is 1.94 bits per heavy atom. The lowest BCUT2D eigenvalue weighted by Crippen LogP contribution is -2.48. The van der Waals surface area contributed by atoms with Gasteiger partial charge in [-0.1, -0.05) is 47.5 Å². The molecule has 190 valence electrons. The SMILES string of the molecule is CC(=O)N1CCN(c2ccccc2OCC2CO[C@@](Cn3ccnc3)(c3cccc(Cl)c3Cl)O2)CC1. The highest BCUT2D eigenvalue weighted by molar-refractivity contribution is 6.42. The van der Waals surface area contributed by atoms with E-state index in [-0.39, 0.29) is 12.0 Å². The Hall–Kier alpha value is -2.78. The van der Waals surface area contributed by atoms with Gasteiger partial charge in [-0.2, -0.15) is 0 Å². The lowest BCUT2D eigenvalue weighted by Gasteiger charge is -2.36. The summed E-state index contributed by atoms with van der Waals surface area (Å²) in [5, 5.41) is 0.834. The van der Waals surface area contributed by atoms with Crippen molar-refractivity contribution in [1.82, 2.24) is 14.5 Å². The maximum atomic E-state index is 11.7. The molecule has 0 radical (unpaired) electrons. The highest BCUT2D eigenvalue weighted by Gasteiger charge is 2.45. The lowest BCUT2D eigenvalue weighted by atomic mass is 10.1. The molecule has 2 aliphatic rings. The Morgan fingerprint density at radius 3 is 2.69 bits per heavy atom. The molecule has 2 aromatic carbocycles. The molecule has 0 spiro atoms. The first-order valence-electron chi connectivity index (χ1n) is 11.9. The fourth-order valence-corrected chi connectivity index (χ4v) is 5.10. The number of benzene rings is 2. The van der Waals surface area contributed by atoms with Crippen LogP contribution < -0.4 is 9.64 Å². The summed E-state index contributed by atoms with van der Waals surface area (Å²) in [5.41, 5.74) is 1.67. The van der Waals surface area contributed by atoms with E-state index in [1.807, 2.05) is 52.1 Å². The largest absolute Gasteiger partial charge is 0.489 e. The molecule has 2 fully saturated rings. The lowest BCUT2D eigenvalue weighted by molar-refractivity contribution is -0.189. The summed E-state index contributed by atoms with van der Waals surface area (Å²) < 4.78 is 20.9. The van der Waals surface area contributed by atoms with Crippen molar-refractivity contribution in [2.75, 3.05) is 44.3 Å². The van der Waals surface area contributed by atoms with Crippen LogP contribution in [0.1, 0.15) is 12.5 Å². The molecule has 0 aliphatic carbocycles. The van der Waals surface area contributed by atoms with Crippen molar-refractivity contribution >= 4 is 34.8 Å². The monoisotopic (exact) mass is 530 g/mol. The summed E-state index contributed by atoms with van der Waals surface area (Å²) in [7, 11) is 0. The highest BCUT2D eigenvalue weighted by Crippen LogP contribution is 2.42. The number of imidazole rings is 1. The zero-order valence-corrected chi connectivity index (χ0v) is 21.5. The van der Waals surface area contributed by atoms with Crippen molar-refractivity contribution in [3.05, 3.63) is 76.8 Å². The molecule has 1 unspecified atom stereocenters. The van der Waals surface area contributed by atoms with Crippen LogP contribution in [0.3, 0.4) is 0 Å². The number of hydrogen-bond acceptors (Lipinski definition) is 6. The Morgan fingerprint density at radius 1 is 1.14 bits per heavy atom. The summed E-state index contributed by atoms with van der Waals surface area (Å²) in [6, 6.07) is 13.4. The molecule has 2 atom stereocenters. The summed E-state index contributed by atoms with van der Waals surface area (Å²) in [5.74, 6) is -0.249. The van der Waals surface area contributed by atoms with E-state index in [9.17, 15) is 4.79 Å². The summed E-state index contributed by atoms with van der Waals surface area (Å²) >= 11 is 12.9. The van der Waals surface area contributed by atoms with E-state index in [2.05, 4.69) is 9.88 Å². The van der Waals surface area contributed by atoms with Gasteiger partial charge in [-0.05, 0) is 18.2 Å². The molecule has 1 amide bonds. The van der Waals surface area contributed by atoms with Crippen molar-refractivity contribution in [2.45, 2.75) is 25.4 Å². The van der Waals surface area contributed by atoms with Gasteiger partial charge in [0.15, 0.2) is 0 Å². The smallest absolute Gasteiger partial charge is 0.219 e. The quantitative estimate of drug-likeness (QED) is 0.455. The summed E-state index contributed by atoms with van der Waals surface area (Å²) in [4.78, 5) is 19.9. The molecule has 0 N–H and O–H groups in total. The van der Waals surface area contributed by atoms with Crippen LogP contribution in [0.4, 0.5) is 5.69 Å². The number of nitrogens with zero attached hydrogens (tertiary/aromatic N) is 4. The number of rotatable bonds is 7. The zero-order chi connectivity index (χ0) is 25.1. The zero-order valence-electron chi connectivity index (χ0n) is 20.0. The molecular weight excluding hydrogens is 503 g/mol. The predicted molar refractivity (Wildman–Crippen MR) is 138 cm³/mol. The molecule has 2 saturated heterocycles. The van der Waals surface area contributed by atoms with E-state index < -0.39 is 5.79 Å². The van der Waals surface area contributed by atoms with Gasteiger partial charge in [-0.15, -0.1) is 0 Å². The molecule has 10 heteroatoms. The topological polar surface area (TPSA) is 69.1 Å². The third kappa shape index (κ3) is 5.18. The normalized spacial score (nSPS) is 22.1. The summed E-state index contributed by atoms with van der Waals surface area (Å²) in [6.45, 7) is 5.50. The molecule has 3 aromatic rings. The van der Waals surface area contributed by atoms with Gasteiger partial charge in [0.05, 0.1) is 35.2 Å². The van der Waals surface area contributed by atoms with Crippen LogP contribution in [0.25, 0.3) is 0 Å². The number of anilines is 1. The van der Waals surface area contributed by atoms with Gasteiger partial charge in [0.1, 0.15) is 18.5 Å². The van der Waals surface area contributed by atoms with Gasteiger partial charge in [0.2, 0.25) is 11.7 Å². The summed E-state index contributed by atoms with van der Waals surface area (Å²) in [6.07, 6.45) is 4.93. The van der Waals surface area contributed by atoms with E-state index in [1.165, 1.54) is 0 Å². The molecule has 8 nitrogen and oxygen atoms in total. The number of carbonyl (C=O) groups is 1.